The van der Waals surface area contributed by atoms with Crippen molar-refractivity contribution in [3.05, 3.63) is 47.7 Å². The summed E-state index contributed by atoms with van der Waals surface area (Å²) in [6.45, 7) is 3.81. The maximum absolute atomic E-state index is 12.4. The predicted molar refractivity (Wildman–Crippen MR) is 77.6 cm³/mol. The van der Waals surface area contributed by atoms with Crippen LogP contribution in [0.2, 0.25) is 0 Å². The Morgan fingerprint density at radius 3 is 2.55 bits per heavy atom. The van der Waals surface area contributed by atoms with Crippen LogP contribution in [0, 0.1) is 5.92 Å². The smallest absolute Gasteiger partial charge is 0.341 e. The lowest BCUT2D eigenvalue weighted by atomic mass is 10.0. The topological polar surface area (TPSA) is 59.2 Å². The number of methoxy groups -OCH3 is 1. The zero-order chi connectivity index (χ0) is 14.7. The SMILES string of the molecule is COC(=O)/C(=C\C(C)C)C(=O)c1cc2ccccc2[nH]1. The average Bonchev–Trinajstić information content (AvgIpc) is 2.86. The number of H-pyrrole nitrogens is 1. The van der Waals surface area contributed by atoms with E-state index in [2.05, 4.69) is 9.72 Å². The monoisotopic (exact) mass is 271 g/mol. The van der Waals surface area contributed by atoms with Crippen LogP contribution in [0.3, 0.4) is 0 Å². The molecule has 0 atom stereocenters. The first-order chi connectivity index (χ1) is 9.52. The Bertz CT molecular complexity index is 647. The largest absolute Gasteiger partial charge is 0.465 e. The third kappa shape index (κ3) is 2.79. The van der Waals surface area contributed by atoms with Crippen LogP contribution in [0.5, 0.6) is 0 Å². The van der Waals surface area contributed by atoms with Crippen molar-refractivity contribution in [1.82, 2.24) is 4.98 Å². The summed E-state index contributed by atoms with van der Waals surface area (Å²) in [5, 5.41) is 0.935. The summed E-state index contributed by atoms with van der Waals surface area (Å²) in [4.78, 5) is 27.2. The zero-order valence-corrected chi connectivity index (χ0v) is 11.8. The number of nitrogens with one attached hydrogen (secondary N) is 1. The molecule has 104 valence electrons. The van der Waals surface area contributed by atoms with E-state index in [1.807, 2.05) is 38.1 Å². The summed E-state index contributed by atoms with van der Waals surface area (Å²) >= 11 is 0. The highest BCUT2D eigenvalue weighted by Gasteiger charge is 2.22. The van der Waals surface area contributed by atoms with E-state index < -0.39 is 5.97 Å². The van der Waals surface area contributed by atoms with Gasteiger partial charge in [0, 0.05) is 10.9 Å². The van der Waals surface area contributed by atoms with Crippen LogP contribution in [0.15, 0.2) is 42.0 Å². The van der Waals surface area contributed by atoms with Gasteiger partial charge in [0.1, 0.15) is 5.57 Å². The maximum Gasteiger partial charge on any atom is 0.341 e. The van der Waals surface area contributed by atoms with Crippen molar-refractivity contribution in [3.8, 4) is 0 Å². The fourth-order valence-corrected chi connectivity index (χ4v) is 2.02. The number of hydrogen-bond acceptors (Lipinski definition) is 3. The number of hydrogen-bond donors (Lipinski definition) is 1. The van der Waals surface area contributed by atoms with Crippen LogP contribution in [0.1, 0.15) is 24.3 Å². The van der Waals surface area contributed by atoms with Gasteiger partial charge in [-0.2, -0.15) is 0 Å². The summed E-state index contributed by atoms with van der Waals surface area (Å²) in [7, 11) is 1.27. The highest BCUT2D eigenvalue weighted by molar-refractivity contribution is 6.24. The number of aromatic nitrogens is 1. The number of fused-ring (bicyclic) bond motifs is 1. The van der Waals surface area contributed by atoms with Gasteiger partial charge >= 0.3 is 5.97 Å². The Morgan fingerprint density at radius 1 is 1.25 bits per heavy atom. The zero-order valence-electron chi connectivity index (χ0n) is 11.8. The molecule has 0 fully saturated rings. The lowest BCUT2D eigenvalue weighted by Gasteiger charge is -2.05. The number of Topliss-reactive ketones (excluding diaryl/α,β-unsaturated/α-hetero) is 1. The van der Waals surface area contributed by atoms with Crippen molar-refractivity contribution in [2.75, 3.05) is 7.11 Å². The molecule has 0 saturated carbocycles. The van der Waals surface area contributed by atoms with Gasteiger partial charge in [-0.1, -0.05) is 38.1 Å². The average molecular weight is 271 g/mol. The Labute approximate surface area is 117 Å². The molecule has 20 heavy (non-hydrogen) atoms. The van der Waals surface area contributed by atoms with Crippen LogP contribution in [0.4, 0.5) is 0 Å². The molecule has 4 nitrogen and oxygen atoms in total. The number of ketones is 1. The fraction of sp³-hybridized carbons (Fsp3) is 0.250. The molecule has 4 heteroatoms. The lowest BCUT2D eigenvalue weighted by Crippen LogP contribution is -2.16. The Morgan fingerprint density at radius 2 is 1.95 bits per heavy atom. The maximum atomic E-state index is 12.4. The molecule has 0 bridgehead atoms. The summed E-state index contributed by atoms with van der Waals surface area (Å²) in [5.41, 5.74) is 1.32. The molecular weight excluding hydrogens is 254 g/mol. The van der Waals surface area contributed by atoms with Crippen molar-refractivity contribution >= 4 is 22.7 Å². The van der Waals surface area contributed by atoms with E-state index in [1.54, 1.807) is 12.1 Å². The molecule has 2 aromatic rings. The van der Waals surface area contributed by atoms with Crippen LogP contribution in [0.25, 0.3) is 10.9 Å². The van der Waals surface area contributed by atoms with Crippen LogP contribution >= 0.6 is 0 Å². The minimum Gasteiger partial charge on any atom is -0.465 e. The number of benzene rings is 1. The lowest BCUT2D eigenvalue weighted by molar-refractivity contribution is -0.135. The van der Waals surface area contributed by atoms with Crippen LogP contribution in [-0.4, -0.2) is 23.8 Å². The van der Waals surface area contributed by atoms with Crippen molar-refractivity contribution < 1.29 is 14.3 Å². The number of rotatable bonds is 4. The van der Waals surface area contributed by atoms with Crippen LogP contribution < -0.4 is 0 Å². The molecule has 1 N–H and O–H groups in total. The number of carbonyl (C=O) groups is 2. The van der Waals surface area contributed by atoms with Crippen LogP contribution in [-0.2, 0) is 9.53 Å². The molecule has 0 aliphatic heterocycles. The second-order valence-corrected chi connectivity index (χ2v) is 4.92. The first kappa shape index (κ1) is 14.1. The number of esters is 1. The molecule has 1 heterocycles. The van der Waals surface area contributed by atoms with E-state index in [-0.39, 0.29) is 17.3 Å². The molecule has 1 aromatic heterocycles. The Balaban J connectivity index is 2.43. The number of allylic oxidation sites excluding steroid dienone is 1. The summed E-state index contributed by atoms with van der Waals surface area (Å²) < 4.78 is 4.69. The summed E-state index contributed by atoms with van der Waals surface area (Å²) in [5.74, 6) is -0.874. The van der Waals surface area contributed by atoms with E-state index in [0.717, 1.165) is 10.9 Å². The van der Waals surface area contributed by atoms with Gasteiger partial charge in [0.2, 0.25) is 5.78 Å². The van der Waals surface area contributed by atoms with E-state index in [4.69, 9.17) is 0 Å². The normalized spacial score (nSPS) is 11.9. The molecule has 2 rings (SSSR count). The highest BCUT2D eigenvalue weighted by atomic mass is 16.5. The second-order valence-electron chi connectivity index (χ2n) is 4.92. The molecule has 0 aliphatic rings. The number of ether oxygens (including phenoxy) is 1. The van der Waals surface area contributed by atoms with Gasteiger partial charge in [-0.3, -0.25) is 4.79 Å². The first-order valence-electron chi connectivity index (χ1n) is 6.45. The predicted octanol–water partition coefficient (Wildman–Crippen LogP) is 3.11. The number of carbonyl (C=O) groups excluding carboxylic acids is 2. The van der Waals surface area contributed by atoms with Gasteiger partial charge in [-0.05, 0) is 18.1 Å². The molecule has 0 amide bonds. The minimum absolute atomic E-state index is 0.0639. The van der Waals surface area contributed by atoms with Gasteiger partial charge in [0.25, 0.3) is 0 Å². The first-order valence-corrected chi connectivity index (χ1v) is 6.45. The van der Waals surface area contributed by atoms with Gasteiger partial charge in [0.15, 0.2) is 0 Å². The molecule has 0 radical (unpaired) electrons. The third-order valence-electron chi connectivity index (χ3n) is 2.92. The molecule has 1 aromatic carbocycles. The summed E-state index contributed by atoms with van der Waals surface area (Å²) in [6.07, 6.45) is 1.62. The third-order valence-corrected chi connectivity index (χ3v) is 2.92. The van der Waals surface area contributed by atoms with Crippen molar-refractivity contribution in [3.63, 3.8) is 0 Å². The Kier molecular flexibility index (Phi) is 4.03. The van der Waals surface area contributed by atoms with Gasteiger partial charge < -0.3 is 9.72 Å². The van der Waals surface area contributed by atoms with Gasteiger partial charge in [-0.15, -0.1) is 0 Å². The standard InChI is InChI=1S/C16H17NO3/c1-10(2)8-12(16(19)20-3)15(18)14-9-11-6-4-5-7-13(11)17-14/h4-10,17H,1-3H3/b12-8-. The molecule has 0 spiro atoms. The van der Waals surface area contributed by atoms with E-state index in [0.29, 0.717) is 5.69 Å². The number of aromatic amines is 1. The highest BCUT2D eigenvalue weighted by Crippen LogP contribution is 2.18. The van der Waals surface area contributed by atoms with E-state index in [9.17, 15) is 9.59 Å². The van der Waals surface area contributed by atoms with Gasteiger partial charge in [-0.25, -0.2) is 4.79 Å². The minimum atomic E-state index is -0.609. The molecular formula is C16H17NO3. The summed E-state index contributed by atoms with van der Waals surface area (Å²) in [6, 6.07) is 9.32. The second kappa shape index (κ2) is 5.74. The molecule has 0 unspecified atom stereocenters. The van der Waals surface area contributed by atoms with Gasteiger partial charge in [0.05, 0.1) is 12.8 Å². The fourth-order valence-electron chi connectivity index (χ4n) is 2.02. The quantitative estimate of drug-likeness (QED) is 0.305. The molecule has 0 saturated heterocycles. The van der Waals surface area contributed by atoms with Crippen molar-refractivity contribution in [2.24, 2.45) is 5.92 Å². The van der Waals surface area contributed by atoms with Crippen molar-refractivity contribution in [1.29, 1.82) is 0 Å². The van der Waals surface area contributed by atoms with E-state index >= 15 is 0 Å². The van der Waals surface area contributed by atoms with E-state index in [1.165, 1.54) is 7.11 Å². The number of para-hydroxylation sites is 1. The van der Waals surface area contributed by atoms with Crippen molar-refractivity contribution in [2.45, 2.75) is 13.8 Å². The Hall–Kier alpha value is -2.36. The molecule has 0 aliphatic carbocycles.